The van der Waals surface area contributed by atoms with Gasteiger partial charge in [0, 0.05) is 29.4 Å². The van der Waals surface area contributed by atoms with Crippen LogP contribution >= 0.6 is 0 Å². The Bertz CT molecular complexity index is 2170. The number of nitrogens with one attached hydrogen (secondary N) is 1. The number of fused-ring (bicyclic) bond motifs is 2. The van der Waals surface area contributed by atoms with E-state index in [0.717, 1.165) is 30.3 Å². The Labute approximate surface area is 240 Å². The van der Waals surface area contributed by atoms with Crippen LogP contribution < -0.4 is 16.2 Å². The molecule has 2 aromatic rings. The summed E-state index contributed by atoms with van der Waals surface area (Å²) in [5, 5.41) is 22.9. The van der Waals surface area contributed by atoms with Crippen molar-refractivity contribution >= 4 is 60.6 Å². The number of sulfonamides is 1. The van der Waals surface area contributed by atoms with Crippen LogP contribution in [0.3, 0.4) is 0 Å². The Kier molecular flexibility index (Phi) is 6.81. The first-order valence-corrected chi connectivity index (χ1v) is 14.8. The number of hydroxylamine groups is 2. The van der Waals surface area contributed by atoms with Gasteiger partial charge in [-0.25, -0.2) is 23.1 Å². The highest BCUT2D eigenvalue weighted by Crippen LogP contribution is 2.45. The molecule has 0 atom stereocenters. The maximum atomic E-state index is 13.0. The Morgan fingerprint density at radius 1 is 0.953 bits per heavy atom. The molecule has 2 aliphatic heterocycles. The lowest BCUT2D eigenvalue weighted by atomic mass is 9.89. The topological polar surface area (TPSA) is 279 Å². The zero-order valence-electron chi connectivity index (χ0n) is 21.4. The van der Waals surface area contributed by atoms with E-state index in [1.807, 2.05) is 0 Å². The fourth-order valence-electron chi connectivity index (χ4n) is 4.68. The molecule has 0 spiro atoms. The smallest absolute Gasteiger partial charge is 0.363 e. The predicted octanol–water partition coefficient (Wildman–Crippen LogP) is 1.08. The minimum atomic E-state index is -5.16. The summed E-state index contributed by atoms with van der Waals surface area (Å²) in [7, 11) is -9.91. The SMILES string of the molecule is N=c1ccc2c(-c3cc(C(=O)ON4C(=O)CCC4=O)ccc3C(=O)O)c3ccc(N)c(S(=O)(=O)O)c3oc-2c1S(N)(=O)=O. The van der Waals surface area contributed by atoms with Crippen molar-refractivity contribution in [1.82, 2.24) is 5.06 Å². The van der Waals surface area contributed by atoms with E-state index in [-0.39, 0.29) is 45.5 Å². The zero-order chi connectivity index (χ0) is 31.6. The molecule has 0 aromatic heterocycles. The Morgan fingerprint density at radius 2 is 1.60 bits per heavy atom. The van der Waals surface area contributed by atoms with Crippen molar-refractivity contribution in [2.75, 3.05) is 5.73 Å². The molecule has 2 heterocycles. The van der Waals surface area contributed by atoms with Gasteiger partial charge in [0.25, 0.3) is 21.9 Å². The quantitative estimate of drug-likeness (QED) is 0.0864. The van der Waals surface area contributed by atoms with E-state index >= 15 is 0 Å². The molecule has 5 rings (SSSR count). The molecule has 0 saturated carbocycles. The first kappa shape index (κ1) is 29.3. The number of anilines is 1. The number of hydrogen-bond donors (Lipinski definition) is 5. The van der Waals surface area contributed by atoms with Crippen molar-refractivity contribution in [3.05, 3.63) is 58.9 Å². The minimum absolute atomic E-state index is 0.190. The fourth-order valence-corrected chi connectivity index (χ4v) is 6.22. The Morgan fingerprint density at radius 3 is 2.19 bits per heavy atom. The van der Waals surface area contributed by atoms with Gasteiger partial charge in [-0.1, -0.05) is 0 Å². The summed E-state index contributed by atoms with van der Waals surface area (Å²) in [6, 6.07) is 7.42. The fraction of sp³-hybridized carbons (Fsp3) is 0.0800. The van der Waals surface area contributed by atoms with Crippen molar-refractivity contribution in [3.8, 4) is 22.5 Å². The van der Waals surface area contributed by atoms with Crippen molar-refractivity contribution in [2.45, 2.75) is 22.6 Å². The van der Waals surface area contributed by atoms with Crippen molar-refractivity contribution in [2.24, 2.45) is 5.14 Å². The highest BCUT2D eigenvalue weighted by molar-refractivity contribution is 7.89. The van der Waals surface area contributed by atoms with Crippen molar-refractivity contribution in [3.63, 3.8) is 0 Å². The highest BCUT2D eigenvalue weighted by Gasteiger charge is 2.34. The van der Waals surface area contributed by atoms with Crippen molar-refractivity contribution < 1.29 is 54.9 Å². The monoisotopic (exact) mass is 630 g/mol. The van der Waals surface area contributed by atoms with Gasteiger partial charge in [0.05, 0.1) is 22.2 Å². The summed E-state index contributed by atoms with van der Waals surface area (Å²) in [6.07, 6.45) is -0.380. The number of amides is 2. The van der Waals surface area contributed by atoms with E-state index in [9.17, 15) is 45.7 Å². The molecular weight excluding hydrogens is 612 g/mol. The van der Waals surface area contributed by atoms with Crippen LogP contribution in [0.2, 0.25) is 0 Å². The number of rotatable bonds is 6. The van der Waals surface area contributed by atoms with E-state index in [2.05, 4.69) is 0 Å². The summed E-state index contributed by atoms with van der Waals surface area (Å²) < 4.78 is 65.4. The summed E-state index contributed by atoms with van der Waals surface area (Å²) in [5.41, 5.74) is 2.94. The third-order valence-electron chi connectivity index (χ3n) is 6.48. The van der Waals surface area contributed by atoms with E-state index in [1.165, 1.54) is 12.1 Å². The maximum Gasteiger partial charge on any atom is 0.363 e. The third kappa shape index (κ3) is 4.97. The van der Waals surface area contributed by atoms with E-state index in [0.29, 0.717) is 0 Å². The number of imide groups is 1. The van der Waals surface area contributed by atoms with E-state index in [1.54, 1.807) is 0 Å². The second-order valence-corrected chi connectivity index (χ2v) is 12.1. The molecule has 1 saturated heterocycles. The molecule has 2 aromatic carbocycles. The van der Waals surface area contributed by atoms with Crippen LogP contribution in [0.1, 0.15) is 33.6 Å². The van der Waals surface area contributed by atoms with Gasteiger partial charge in [-0.3, -0.25) is 19.6 Å². The lowest BCUT2D eigenvalue weighted by molar-refractivity contribution is -0.172. The second kappa shape index (κ2) is 9.98. The van der Waals surface area contributed by atoms with Crippen LogP contribution in [-0.4, -0.2) is 55.3 Å². The molecule has 0 radical (unpaired) electrons. The summed E-state index contributed by atoms with van der Waals surface area (Å²) in [6.45, 7) is 0. The van der Waals surface area contributed by atoms with Gasteiger partial charge < -0.3 is 20.1 Å². The van der Waals surface area contributed by atoms with Gasteiger partial charge in [0.2, 0.25) is 10.0 Å². The number of nitrogens with zero attached hydrogens (tertiary/aromatic N) is 1. The standard InChI is InChI=1S/C25H18N4O12S2/c26-15-5-3-12-19(13-4-6-16(27)23(43(37,38)39)21(13)40-20(12)22(15)42(28,35)36)14-9-10(1-2-11(14)24(32)33)25(34)41-29-17(30)7-8-18(29)31/h1-6,9,26H,7-8,27H2,(H,32,33)(H2,28,35,36)(H,37,38,39). The lowest BCUT2D eigenvalue weighted by Crippen LogP contribution is -2.32. The molecule has 3 aliphatic rings. The maximum absolute atomic E-state index is 13.0. The second-order valence-electron chi connectivity index (χ2n) is 9.20. The molecule has 43 heavy (non-hydrogen) atoms. The molecule has 0 unspecified atom stereocenters. The van der Waals surface area contributed by atoms with E-state index in [4.69, 9.17) is 25.5 Å². The number of carbonyl (C=O) groups is 4. The van der Waals surface area contributed by atoms with Gasteiger partial charge in [0.1, 0.15) is 4.90 Å². The van der Waals surface area contributed by atoms with Crippen LogP contribution in [0.4, 0.5) is 5.69 Å². The van der Waals surface area contributed by atoms with Crippen LogP contribution in [0.5, 0.6) is 0 Å². The van der Waals surface area contributed by atoms with Crippen LogP contribution in [0, 0.1) is 5.41 Å². The average Bonchev–Trinajstić information content (AvgIpc) is 3.21. The Balaban J connectivity index is 1.92. The molecule has 222 valence electrons. The van der Waals surface area contributed by atoms with Gasteiger partial charge in [-0.2, -0.15) is 8.42 Å². The largest absolute Gasteiger partial charge is 0.478 e. The predicted molar refractivity (Wildman–Crippen MR) is 143 cm³/mol. The molecular formula is C25H18N4O12S2. The molecule has 1 aliphatic carbocycles. The first-order valence-electron chi connectivity index (χ1n) is 11.8. The lowest BCUT2D eigenvalue weighted by Gasteiger charge is -2.20. The van der Waals surface area contributed by atoms with Gasteiger partial charge in [-0.15, -0.1) is 5.06 Å². The van der Waals surface area contributed by atoms with Crippen molar-refractivity contribution in [1.29, 1.82) is 5.41 Å². The zero-order valence-corrected chi connectivity index (χ0v) is 23.0. The van der Waals surface area contributed by atoms with Crippen LogP contribution in [0.25, 0.3) is 33.4 Å². The number of carboxylic acid groups (broad SMARTS) is 1. The number of nitrogens with two attached hydrogens (primary N) is 2. The number of carbonyl (C=O) groups excluding carboxylic acids is 3. The number of aromatic carboxylic acids is 1. The Hall–Kier alpha value is -5.17. The molecule has 18 heteroatoms. The highest BCUT2D eigenvalue weighted by atomic mass is 32.2. The summed E-state index contributed by atoms with van der Waals surface area (Å²) in [4.78, 5) is 52.2. The first-order chi connectivity index (χ1) is 20.0. The summed E-state index contributed by atoms with van der Waals surface area (Å²) >= 11 is 0. The number of carboxylic acids is 1. The number of nitrogen functional groups attached to an aromatic ring is 1. The number of primary sulfonamides is 1. The van der Waals surface area contributed by atoms with Gasteiger partial charge >= 0.3 is 11.9 Å². The number of hydrogen-bond acceptors (Lipinski definition) is 12. The molecule has 1 fully saturated rings. The van der Waals surface area contributed by atoms with Gasteiger partial charge in [0.15, 0.2) is 16.2 Å². The normalized spacial score (nSPS) is 14.0. The average molecular weight is 631 g/mol. The molecule has 16 nitrogen and oxygen atoms in total. The minimum Gasteiger partial charge on any atom is -0.478 e. The molecule has 2 amide bonds. The van der Waals surface area contributed by atoms with E-state index < -0.39 is 81.6 Å². The molecule has 0 bridgehead atoms. The van der Waals surface area contributed by atoms with Crippen LogP contribution in [0.15, 0.2) is 56.7 Å². The third-order valence-corrected chi connectivity index (χ3v) is 8.39. The molecule has 7 N–H and O–H groups in total. The number of benzene rings is 3. The van der Waals surface area contributed by atoms with Gasteiger partial charge in [-0.05, 0) is 48.0 Å². The van der Waals surface area contributed by atoms with Crippen LogP contribution in [-0.2, 0) is 34.6 Å². The summed E-state index contributed by atoms with van der Waals surface area (Å²) in [5.74, 6) is -5.03.